The van der Waals surface area contributed by atoms with Crippen LogP contribution in [0.4, 0.5) is 0 Å². The van der Waals surface area contributed by atoms with Crippen LogP contribution < -0.4 is 4.74 Å². The van der Waals surface area contributed by atoms with Crippen molar-refractivity contribution >= 4 is 17.2 Å². The van der Waals surface area contributed by atoms with Gasteiger partial charge in [0.2, 0.25) is 5.91 Å². The van der Waals surface area contributed by atoms with Crippen molar-refractivity contribution in [1.82, 2.24) is 14.8 Å². The van der Waals surface area contributed by atoms with Gasteiger partial charge in [-0.2, -0.15) is 0 Å². The number of rotatable bonds is 5. The molecule has 1 fully saturated rings. The zero-order valence-corrected chi connectivity index (χ0v) is 17.2. The molecule has 1 aromatic carbocycles. The third-order valence-electron chi connectivity index (χ3n) is 5.39. The van der Waals surface area contributed by atoms with E-state index < -0.39 is 0 Å². The van der Waals surface area contributed by atoms with Crippen LogP contribution in [0.2, 0.25) is 0 Å². The topological polar surface area (TPSA) is 54.9 Å². The minimum Gasteiger partial charge on any atom is -0.492 e. The van der Waals surface area contributed by atoms with E-state index in [0.717, 1.165) is 37.5 Å². The molecule has 7 heteroatoms. The molecule has 28 heavy (non-hydrogen) atoms. The maximum absolute atomic E-state index is 12.4. The van der Waals surface area contributed by atoms with Crippen LogP contribution in [0, 0.1) is 6.92 Å². The molecule has 0 bridgehead atoms. The van der Waals surface area contributed by atoms with Gasteiger partial charge in [0.05, 0.1) is 24.4 Å². The fourth-order valence-electron chi connectivity index (χ4n) is 3.70. The van der Waals surface area contributed by atoms with E-state index in [-0.39, 0.29) is 5.91 Å². The van der Waals surface area contributed by atoms with Gasteiger partial charge in [0.15, 0.2) is 0 Å². The van der Waals surface area contributed by atoms with Crippen molar-refractivity contribution in [2.75, 3.05) is 39.5 Å². The van der Waals surface area contributed by atoms with Crippen LogP contribution in [-0.4, -0.2) is 60.1 Å². The Morgan fingerprint density at radius 3 is 2.86 bits per heavy atom. The first-order valence-corrected chi connectivity index (χ1v) is 10.8. The molecule has 1 amide bonds. The van der Waals surface area contributed by atoms with Gasteiger partial charge >= 0.3 is 0 Å². The molecule has 0 saturated carbocycles. The molecule has 0 aliphatic carbocycles. The summed E-state index contributed by atoms with van der Waals surface area (Å²) < 4.78 is 11.3. The second-order valence-electron chi connectivity index (χ2n) is 7.36. The normalized spacial score (nSPS) is 17.7. The third kappa shape index (κ3) is 4.71. The fourth-order valence-corrected chi connectivity index (χ4v) is 4.51. The Hall–Kier alpha value is -1.96. The van der Waals surface area contributed by atoms with Crippen molar-refractivity contribution in [3.63, 3.8) is 0 Å². The number of carbonyl (C=O) groups excluding carboxylic acids is 1. The number of benzene rings is 1. The van der Waals surface area contributed by atoms with E-state index in [9.17, 15) is 4.79 Å². The maximum atomic E-state index is 12.4. The van der Waals surface area contributed by atoms with Gasteiger partial charge in [0.25, 0.3) is 0 Å². The highest BCUT2D eigenvalue weighted by atomic mass is 32.1. The Labute approximate surface area is 170 Å². The molecule has 0 spiro atoms. The number of amides is 1. The molecule has 0 unspecified atom stereocenters. The van der Waals surface area contributed by atoms with Gasteiger partial charge in [-0.25, -0.2) is 4.98 Å². The molecule has 0 atom stereocenters. The Kier molecular flexibility index (Phi) is 6.24. The lowest BCUT2D eigenvalue weighted by Gasteiger charge is -2.26. The summed E-state index contributed by atoms with van der Waals surface area (Å²) in [5, 5.41) is 0. The molecule has 4 rings (SSSR count). The van der Waals surface area contributed by atoms with Gasteiger partial charge in [-0.1, -0.05) is 12.1 Å². The molecule has 0 N–H and O–H groups in total. The van der Waals surface area contributed by atoms with Crippen molar-refractivity contribution in [1.29, 1.82) is 0 Å². The van der Waals surface area contributed by atoms with Crippen LogP contribution in [0.15, 0.2) is 23.7 Å². The highest BCUT2D eigenvalue weighted by molar-refractivity contribution is 7.09. The number of aryl methyl sites for hydroxylation is 2. The summed E-state index contributed by atoms with van der Waals surface area (Å²) in [6.07, 6.45) is 1.31. The van der Waals surface area contributed by atoms with Gasteiger partial charge < -0.3 is 14.4 Å². The van der Waals surface area contributed by atoms with Crippen LogP contribution in [0.5, 0.6) is 5.75 Å². The van der Waals surface area contributed by atoms with Crippen molar-refractivity contribution in [2.24, 2.45) is 0 Å². The summed E-state index contributed by atoms with van der Waals surface area (Å²) in [5.41, 5.74) is 5.43. The minimum atomic E-state index is 0.219. The number of morpholine rings is 1. The number of hydrogen-bond acceptors (Lipinski definition) is 6. The lowest BCUT2D eigenvalue weighted by Crippen LogP contribution is -2.40. The van der Waals surface area contributed by atoms with Crippen LogP contribution in [0.3, 0.4) is 0 Å². The van der Waals surface area contributed by atoms with Crippen LogP contribution >= 0.6 is 11.3 Å². The summed E-state index contributed by atoms with van der Waals surface area (Å²) in [6, 6.07) is 6.36. The van der Waals surface area contributed by atoms with Crippen molar-refractivity contribution in [3.05, 3.63) is 45.4 Å². The Balaban J connectivity index is 1.39. The summed E-state index contributed by atoms with van der Waals surface area (Å²) in [4.78, 5) is 22.4. The zero-order valence-electron chi connectivity index (χ0n) is 16.4. The SMILES string of the molecule is Cc1ncsc1CN1CCOc2ccc(CCC(=O)N3CCOCC3)cc2C1. The first-order chi connectivity index (χ1) is 13.7. The molecule has 0 radical (unpaired) electrons. The minimum absolute atomic E-state index is 0.219. The molecule has 1 aromatic heterocycles. The number of hydrogen-bond donors (Lipinski definition) is 0. The highest BCUT2D eigenvalue weighted by Gasteiger charge is 2.19. The second-order valence-corrected chi connectivity index (χ2v) is 8.29. The Bertz CT molecular complexity index is 817. The lowest BCUT2D eigenvalue weighted by atomic mass is 10.0. The molecule has 2 aliphatic heterocycles. The van der Waals surface area contributed by atoms with E-state index >= 15 is 0 Å². The molecule has 3 heterocycles. The van der Waals surface area contributed by atoms with Gasteiger partial charge in [0, 0.05) is 49.6 Å². The van der Waals surface area contributed by atoms with Gasteiger partial charge in [-0.05, 0) is 25.0 Å². The zero-order chi connectivity index (χ0) is 19.3. The van der Waals surface area contributed by atoms with Crippen molar-refractivity contribution in [3.8, 4) is 5.75 Å². The largest absolute Gasteiger partial charge is 0.492 e. The van der Waals surface area contributed by atoms with Gasteiger partial charge in [0.1, 0.15) is 12.4 Å². The average molecular weight is 402 g/mol. The monoisotopic (exact) mass is 401 g/mol. The summed E-state index contributed by atoms with van der Waals surface area (Å²) >= 11 is 1.71. The molecule has 150 valence electrons. The number of nitrogens with zero attached hydrogens (tertiary/aromatic N) is 3. The first-order valence-electron chi connectivity index (χ1n) is 9.90. The smallest absolute Gasteiger partial charge is 0.223 e. The Morgan fingerprint density at radius 2 is 2.07 bits per heavy atom. The molecular formula is C21H27N3O3S. The summed E-state index contributed by atoms with van der Waals surface area (Å²) in [5.74, 6) is 1.18. The number of fused-ring (bicyclic) bond motifs is 1. The van der Waals surface area contributed by atoms with Crippen LogP contribution in [-0.2, 0) is 29.0 Å². The summed E-state index contributed by atoms with van der Waals surface area (Å²) in [6.45, 7) is 8.14. The Morgan fingerprint density at radius 1 is 1.21 bits per heavy atom. The van der Waals surface area contributed by atoms with Crippen molar-refractivity contribution in [2.45, 2.75) is 32.9 Å². The predicted octanol–water partition coefficient (Wildman–Crippen LogP) is 2.64. The van der Waals surface area contributed by atoms with E-state index in [2.05, 4.69) is 35.0 Å². The molecule has 2 aromatic rings. The summed E-state index contributed by atoms with van der Waals surface area (Å²) in [7, 11) is 0. The molecule has 1 saturated heterocycles. The molecule has 6 nitrogen and oxygen atoms in total. The van der Waals surface area contributed by atoms with E-state index in [0.29, 0.717) is 39.3 Å². The van der Waals surface area contributed by atoms with E-state index in [1.54, 1.807) is 11.3 Å². The molecular weight excluding hydrogens is 374 g/mol. The molecule has 2 aliphatic rings. The number of carbonyl (C=O) groups is 1. The number of ether oxygens (including phenoxy) is 2. The number of aromatic nitrogens is 1. The fraction of sp³-hybridized carbons (Fsp3) is 0.524. The predicted molar refractivity (Wildman–Crippen MR) is 109 cm³/mol. The lowest BCUT2D eigenvalue weighted by molar-refractivity contribution is -0.135. The van der Waals surface area contributed by atoms with E-state index in [4.69, 9.17) is 9.47 Å². The first kappa shape index (κ1) is 19.4. The highest BCUT2D eigenvalue weighted by Crippen LogP contribution is 2.26. The number of thiazole rings is 1. The average Bonchev–Trinajstić information content (AvgIpc) is 3.01. The second kappa shape index (κ2) is 9.03. The van der Waals surface area contributed by atoms with Gasteiger partial charge in [-0.3, -0.25) is 9.69 Å². The standard InChI is InChI=1S/C21H27N3O3S/c1-16-20(28-15-22-16)14-23-6-11-27-19-4-2-17(12-18(19)13-23)3-5-21(25)24-7-9-26-10-8-24/h2,4,12,15H,3,5-11,13-14H2,1H3. The van der Waals surface area contributed by atoms with Crippen molar-refractivity contribution < 1.29 is 14.3 Å². The van der Waals surface area contributed by atoms with Gasteiger partial charge in [-0.15, -0.1) is 11.3 Å². The maximum Gasteiger partial charge on any atom is 0.223 e. The third-order valence-corrected chi connectivity index (χ3v) is 6.31. The van der Waals surface area contributed by atoms with Crippen LogP contribution in [0.1, 0.15) is 28.1 Å². The van der Waals surface area contributed by atoms with Crippen LogP contribution in [0.25, 0.3) is 0 Å². The van der Waals surface area contributed by atoms with E-state index in [1.165, 1.54) is 16.0 Å². The quantitative estimate of drug-likeness (QED) is 0.771. The van der Waals surface area contributed by atoms with E-state index in [1.807, 2.05) is 10.4 Å².